The van der Waals surface area contributed by atoms with Gasteiger partial charge in [-0.2, -0.15) is 0 Å². The first kappa shape index (κ1) is 24.4. The zero-order valence-electron chi connectivity index (χ0n) is 20.1. The summed E-state index contributed by atoms with van der Waals surface area (Å²) in [4.78, 5) is 51.0. The topological polar surface area (TPSA) is 120 Å². The van der Waals surface area contributed by atoms with Crippen LogP contribution >= 0.6 is 0 Å². The number of carbonyl (C=O) groups excluding carboxylic acids is 3. The zero-order chi connectivity index (χ0) is 26.0. The molecule has 36 heavy (non-hydrogen) atoms. The minimum Gasteiger partial charge on any atom is -0.448 e. The molecule has 8 heteroatoms. The number of hydrogen-bond acceptors (Lipinski definition) is 5. The van der Waals surface area contributed by atoms with Crippen molar-refractivity contribution in [1.29, 1.82) is 0 Å². The second-order valence-electron chi connectivity index (χ2n) is 8.45. The van der Waals surface area contributed by atoms with Crippen LogP contribution in [0.2, 0.25) is 0 Å². The van der Waals surface area contributed by atoms with Crippen molar-refractivity contribution in [2.45, 2.75) is 20.0 Å². The molecule has 4 aromatic rings. The van der Waals surface area contributed by atoms with Crippen LogP contribution in [0.15, 0.2) is 77.6 Å². The van der Waals surface area contributed by atoms with Gasteiger partial charge in [0, 0.05) is 18.0 Å². The van der Waals surface area contributed by atoms with Gasteiger partial charge in [-0.05, 0) is 43.0 Å². The maximum Gasteiger partial charge on any atom is 0.356 e. The Morgan fingerprint density at radius 1 is 0.917 bits per heavy atom. The highest BCUT2D eigenvalue weighted by molar-refractivity contribution is 6.08. The molecule has 0 radical (unpaired) electrons. The van der Waals surface area contributed by atoms with Crippen LogP contribution in [0.5, 0.6) is 0 Å². The fourth-order valence-electron chi connectivity index (χ4n) is 4.03. The molecule has 1 atom stereocenters. The molecule has 0 saturated carbocycles. The molecule has 0 bridgehead atoms. The molecule has 4 rings (SSSR count). The predicted octanol–water partition coefficient (Wildman–Crippen LogP) is 3.80. The first-order valence-corrected chi connectivity index (χ1v) is 11.3. The van der Waals surface area contributed by atoms with E-state index in [0.29, 0.717) is 16.3 Å². The molecule has 2 amide bonds. The summed E-state index contributed by atoms with van der Waals surface area (Å²) < 4.78 is 6.76. The number of ether oxygens (including phenoxy) is 1. The molecule has 0 aliphatic heterocycles. The average Bonchev–Trinajstić information content (AvgIpc) is 2.86. The van der Waals surface area contributed by atoms with Crippen LogP contribution in [0.1, 0.15) is 33.3 Å². The van der Waals surface area contributed by atoms with E-state index in [-0.39, 0.29) is 22.5 Å². The molecule has 0 fully saturated rings. The molecule has 0 saturated heterocycles. The van der Waals surface area contributed by atoms with Crippen molar-refractivity contribution in [3.63, 3.8) is 0 Å². The number of carbonyl (C=O) groups is 3. The van der Waals surface area contributed by atoms with Crippen LogP contribution < -0.4 is 16.6 Å². The summed E-state index contributed by atoms with van der Waals surface area (Å²) in [6.07, 6.45) is -1.23. The number of nitrogens with zero attached hydrogens (tertiary/aromatic N) is 1. The molecule has 3 N–H and O–H groups in total. The van der Waals surface area contributed by atoms with Crippen LogP contribution in [-0.4, -0.2) is 28.5 Å². The number of amides is 2. The highest BCUT2D eigenvalue weighted by Crippen LogP contribution is 2.31. The van der Waals surface area contributed by atoms with Crippen LogP contribution in [0.25, 0.3) is 21.9 Å². The number of aryl methyl sites for hydroxylation is 1. The lowest BCUT2D eigenvalue weighted by Crippen LogP contribution is -2.33. The van der Waals surface area contributed by atoms with E-state index in [0.717, 1.165) is 11.1 Å². The van der Waals surface area contributed by atoms with E-state index in [2.05, 4.69) is 5.32 Å². The maximum atomic E-state index is 13.4. The summed E-state index contributed by atoms with van der Waals surface area (Å²) in [5, 5.41) is 3.63. The molecule has 1 heterocycles. The third kappa shape index (κ3) is 4.61. The SMILES string of the molecule is Cc1ccc(-c2c(C(=O)OC(C)C(=O)Nc3ccccc3C(N)=O)n(C)c(=O)c3ccccc23)cc1. The van der Waals surface area contributed by atoms with E-state index in [1.54, 1.807) is 36.4 Å². The first-order chi connectivity index (χ1) is 17.2. The Morgan fingerprint density at radius 2 is 1.53 bits per heavy atom. The van der Waals surface area contributed by atoms with Gasteiger partial charge in [-0.15, -0.1) is 0 Å². The number of fused-ring (bicyclic) bond motifs is 1. The zero-order valence-corrected chi connectivity index (χ0v) is 20.1. The van der Waals surface area contributed by atoms with E-state index < -0.39 is 23.9 Å². The Bertz CT molecular complexity index is 1550. The van der Waals surface area contributed by atoms with E-state index in [1.807, 2.05) is 31.2 Å². The minimum atomic E-state index is -1.23. The van der Waals surface area contributed by atoms with Gasteiger partial charge in [0.15, 0.2) is 6.10 Å². The molecule has 1 aromatic heterocycles. The van der Waals surface area contributed by atoms with Crippen molar-refractivity contribution in [3.8, 4) is 11.1 Å². The maximum absolute atomic E-state index is 13.4. The molecule has 3 aromatic carbocycles. The molecular formula is C28H25N3O5. The largest absolute Gasteiger partial charge is 0.448 e. The summed E-state index contributed by atoms with van der Waals surface area (Å²) in [6.45, 7) is 3.36. The molecule has 1 unspecified atom stereocenters. The third-order valence-electron chi connectivity index (χ3n) is 5.94. The lowest BCUT2D eigenvalue weighted by molar-refractivity contribution is -0.123. The molecule has 8 nitrogen and oxygen atoms in total. The number of esters is 1. The smallest absolute Gasteiger partial charge is 0.356 e. The Hall–Kier alpha value is -4.72. The summed E-state index contributed by atoms with van der Waals surface area (Å²) in [5.41, 5.74) is 7.67. The second kappa shape index (κ2) is 9.87. The summed E-state index contributed by atoms with van der Waals surface area (Å²) in [6, 6.07) is 20.9. The van der Waals surface area contributed by atoms with Gasteiger partial charge in [0.25, 0.3) is 17.4 Å². The van der Waals surface area contributed by atoms with Crippen LogP contribution in [-0.2, 0) is 16.6 Å². The monoisotopic (exact) mass is 483 g/mol. The van der Waals surface area contributed by atoms with Gasteiger partial charge in [-0.25, -0.2) is 4.79 Å². The number of primary amides is 1. The lowest BCUT2D eigenvalue weighted by Gasteiger charge is -2.19. The fraction of sp³-hybridized carbons (Fsp3) is 0.143. The van der Waals surface area contributed by atoms with Gasteiger partial charge in [0.2, 0.25) is 0 Å². The Kier molecular flexibility index (Phi) is 6.69. The van der Waals surface area contributed by atoms with E-state index in [9.17, 15) is 19.2 Å². The standard InChI is InChI=1S/C28H25N3O5/c1-16-12-14-18(15-13-16)23-19-8-4-5-9-20(19)27(34)31(3)24(23)28(35)36-17(2)26(33)30-22-11-7-6-10-21(22)25(29)32/h4-15,17H,1-3H3,(H2,29,32)(H,30,33). The number of nitrogens with one attached hydrogen (secondary N) is 1. The Labute approximate surface area is 207 Å². The minimum absolute atomic E-state index is 0.0275. The number of nitrogens with two attached hydrogens (primary N) is 1. The Balaban J connectivity index is 1.73. The number of aromatic nitrogens is 1. The van der Waals surface area contributed by atoms with Gasteiger partial charge in [0.1, 0.15) is 5.69 Å². The molecule has 182 valence electrons. The van der Waals surface area contributed by atoms with Crippen molar-refractivity contribution in [1.82, 2.24) is 4.57 Å². The number of para-hydroxylation sites is 1. The van der Waals surface area contributed by atoms with Crippen LogP contribution in [0.3, 0.4) is 0 Å². The van der Waals surface area contributed by atoms with Crippen LogP contribution in [0, 0.1) is 6.92 Å². The number of hydrogen-bond donors (Lipinski definition) is 2. The second-order valence-corrected chi connectivity index (χ2v) is 8.45. The number of anilines is 1. The van der Waals surface area contributed by atoms with Crippen molar-refractivity contribution in [2.24, 2.45) is 12.8 Å². The lowest BCUT2D eigenvalue weighted by atomic mass is 9.96. The van der Waals surface area contributed by atoms with Gasteiger partial charge >= 0.3 is 5.97 Å². The summed E-state index contributed by atoms with van der Waals surface area (Å²) >= 11 is 0. The Morgan fingerprint density at radius 3 is 2.19 bits per heavy atom. The van der Waals surface area contributed by atoms with Crippen LogP contribution in [0.4, 0.5) is 5.69 Å². The number of benzene rings is 3. The van der Waals surface area contributed by atoms with Crippen molar-refractivity contribution >= 4 is 34.2 Å². The molecular weight excluding hydrogens is 458 g/mol. The van der Waals surface area contributed by atoms with E-state index in [4.69, 9.17) is 10.5 Å². The average molecular weight is 484 g/mol. The normalized spacial score (nSPS) is 11.6. The quantitative estimate of drug-likeness (QED) is 0.404. The third-order valence-corrected chi connectivity index (χ3v) is 5.94. The summed E-state index contributed by atoms with van der Waals surface area (Å²) in [7, 11) is 1.50. The molecule has 0 aliphatic carbocycles. The van der Waals surface area contributed by atoms with Gasteiger partial charge in [0.05, 0.1) is 11.3 Å². The van der Waals surface area contributed by atoms with Crippen molar-refractivity contribution < 1.29 is 19.1 Å². The van der Waals surface area contributed by atoms with Gasteiger partial charge in [-0.3, -0.25) is 14.4 Å². The van der Waals surface area contributed by atoms with Crippen molar-refractivity contribution in [3.05, 3.63) is 100.0 Å². The molecule has 0 spiro atoms. The van der Waals surface area contributed by atoms with E-state index in [1.165, 1.54) is 30.7 Å². The summed E-state index contributed by atoms with van der Waals surface area (Å²) in [5.74, 6) is -2.19. The van der Waals surface area contributed by atoms with Crippen molar-refractivity contribution in [2.75, 3.05) is 5.32 Å². The van der Waals surface area contributed by atoms with Gasteiger partial charge < -0.3 is 20.4 Å². The molecule has 0 aliphatic rings. The highest BCUT2D eigenvalue weighted by atomic mass is 16.5. The van der Waals surface area contributed by atoms with Gasteiger partial charge in [-0.1, -0.05) is 60.2 Å². The van der Waals surface area contributed by atoms with E-state index >= 15 is 0 Å². The first-order valence-electron chi connectivity index (χ1n) is 11.3. The predicted molar refractivity (Wildman–Crippen MR) is 138 cm³/mol. The highest BCUT2D eigenvalue weighted by Gasteiger charge is 2.27. The fourth-order valence-corrected chi connectivity index (χ4v) is 4.03. The number of rotatable bonds is 6. The number of pyridine rings is 1.